The zero-order valence-electron chi connectivity index (χ0n) is 11.8. The van der Waals surface area contributed by atoms with Crippen LogP contribution in [0.3, 0.4) is 0 Å². The van der Waals surface area contributed by atoms with Crippen LogP contribution in [0.1, 0.15) is 58.9 Å². The van der Waals surface area contributed by atoms with Gasteiger partial charge in [0.1, 0.15) is 6.29 Å². The first-order valence-corrected chi connectivity index (χ1v) is 7.20. The summed E-state index contributed by atoms with van der Waals surface area (Å²) in [6.45, 7) is 3.85. The number of carbonyl (C=O) groups excluding carboxylic acids is 1. The summed E-state index contributed by atoms with van der Waals surface area (Å²) >= 11 is 0. The minimum Gasteiger partial charge on any atom is -0.304 e. The van der Waals surface area contributed by atoms with E-state index in [0.717, 1.165) is 18.1 Å². The van der Waals surface area contributed by atoms with Crippen LogP contribution >= 0.6 is 0 Å². The zero-order chi connectivity index (χ0) is 13.2. The van der Waals surface area contributed by atoms with E-state index in [9.17, 15) is 0 Å². The molecule has 1 aromatic carbocycles. The van der Waals surface area contributed by atoms with E-state index in [1.807, 2.05) is 0 Å². The molecule has 0 heterocycles. The molecule has 1 aromatic rings. The van der Waals surface area contributed by atoms with Crippen LogP contribution < -0.4 is 0 Å². The summed E-state index contributed by atoms with van der Waals surface area (Å²) in [6, 6.07) is 11.0. The molecule has 0 amide bonds. The lowest BCUT2D eigenvalue weighted by molar-refractivity contribution is -0.106. The smallest absolute Gasteiger partial charge is 0.116 e. The predicted octanol–water partition coefficient (Wildman–Crippen LogP) is 5.29. The fourth-order valence-electron chi connectivity index (χ4n) is 2.72. The van der Waals surface area contributed by atoms with Crippen LogP contribution in [0.25, 0.3) is 0 Å². The SMILES string of the molecule is C.CC1CCCC(Cc2ccccc2)CC1.CC=O. The fourth-order valence-corrected chi connectivity index (χ4v) is 2.72. The molecule has 1 nitrogen and oxygen atoms in total. The Kier molecular flexibility index (Phi) is 10.1. The van der Waals surface area contributed by atoms with E-state index in [1.54, 1.807) is 0 Å². The van der Waals surface area contributed by atoms with Gasteiger partial charge < -0.3 is 4.79 Å². The van der Waals surface area contributed by atoms with Gasteiger partial charge in [0.15, 0.2) is 0 Å². The van der Waals surface area contributed by atoms with Crippen molar-refractivity contribution in [2.45, 2.75) is 59.8 Å². The van der Waals surface area contributed by atoms with E-state index in [4.69, 9.17) is 4.79 Å². The van der Waals surface area contributed by atoms with E-state index in [0.29, 0.717) is 0 Å². The highest BCUT2D eigenvalue weighted by atomic mass is 16.1. The van der Waals surface area contributed by atoms with Gasteiger partial charge in [-0.2, -0.15) is 0 Å². The summed E-state index contributed by atoms with van der Waals surface area (Å²) in [5.74, 6) is 1.91. The van der Waals surface area contributed by atoms with Gasteiger partial charge in [-0.1, -0.05) is 70.4 Å². The van der Waals surface area contributed by atoms with Gasteiger partial charge in [-0.15, -0.1) is 0 Å². The van der Waals surface area contributed by atoms with Crippen molar-refractivity contribution in [3.05, 3.63) is 35.9 Å². The second-order valence-electron chi connectivity index (χ2n) is 5.40. The highest BCUT2D eigenvalue weighted by Gasteiger charge is 2.16. The first kappa shape index (κ1) is 17.9. The van der Waals surface area contributed by atoms with Crippen molar-refractivity contribution in [3.8, 4) is 0 Å². The van der Waals surface area contributed by atoms with Gasteiger partial charge in [0.05, 0.1) is 0 Å². The topological polar surface area (TPSA) is 17.1 Å². The van der Waals surface area contributed by atoms with Crippen LogP contribution in [0, 0.1) is 11.8 Å². The quantitative estimate of drug-likeness (QED) is 0.523. The number of aldehydes is 1. The fraction of sp³-hybridized carbons (Fsp3) is 0.611. The molecule has 2 rings (SSSR count). The Morgan fingerprint density at radius 3 is 2.37 bits per heavy atom. The summed E-state index contributed by atoms with van der Waals surface area (Å²) in [5, 5.41) is 0. The van der Waals surface area contributed by atoms with Gasteiger partial charge in [-0.3, -0.25) is 0 Å². The lowest BCUT2D eigenvalue weighted by Crippen LogP contribution is -2.03. The predicted molar refractivity (Wildman–Crippen MR) is 84.4 cm³/mol. The minimum atomic E-state index is 0. The Labute approximate surface area is 119 Å². The molecule has 1 aliphatic carbocycles. The Bertz CT molecular complexity index is 318. The molecule has 0 bridgehead atoms. The maximum atomic E-state index is 8.81. The van der Waals surface area contributed by atoms with Gasteiger partial charge in [-0.05, 0) is 37.2 Å². The highest BCUT2D eigenvalue weighted by molar-refractivity contribution is 5.44. The Morgan fingerprint density at radius 1 is 1.11 bits per heavy atom. The largest absolute Gasteiger partial charge is 0.304 e. The summed E-state index contributed by atoms with van der Waals surface area (Å²) in [4.78, 5) is 8.81. The lowest BCUT2D eigenvalue weighted by Gasteiger charge is -2.13. The number of hydrogen-bond donors (Lipinski definition) is 0. The molecule has 0 spiro atoms. The third-order valence-electron chi connectivity index (χ3n) is 3.74. The van der Waals surface area contributed by atoms with Gasteiger partial charge in [0, 0.05) is 0 Å². The minimum absolute atomic E-state index is 0. The number of rotatable bonds is 2. The van der Waals surface area contributed by atoms with E-state index < -0.39 is 0 Å². The van der Waals surface area contributed by atoms with Crippen LogP contribution in [0.4, 0.5) is 0 Å². The zero-order valence-corrected chi connectivity index (χ0v) is 11.8. The number of carbonyl (C=O) groups is 1. The summed E-state index contributed by atoms with van der Waals surface area (Å²) in [5.41, 5.74) is 1.53. The van der Waals surface area contributed by atoms with E-state index >= 15 is 0 Å². The van der Waals surface area contributed by atoms with Gasteiger partial charge in [-0.25, -0.2) is 0 Å². The van der Waals surface area contributed by atoms with Crippen molar-refractivity contribution < 1.29 is 4.79 Å². The third-order valence-corrected chi connectivity index (χ3v) is 3.74. The summed E-state index contributed by atoms with van der Waals surface area (Å²) in [7, 11) is 0. The second kappa shape index (κ2) is 10.8. The first-order chi connectivity index (χ1) is 8.76. The van der Waals surface area contributed by atoms with Gasteiger partial charge in [0.25, 0.3) is 0 Å². The summed E-state index contributed by atoms with van der Waals surface area (Å²) < 4.78 is 0. The maximum absolute atomic E-state index is 8.81. The van der Waals surface area contributed by atoms with Crippen LogP contribution in [-0.4, -0.2) is 6.29 Å². The van der Waals surface area contributed by atoms with Crippen molar-refractivity contribution in [1.29, 1.82) is 0 Å². The molecule has 2 unspecified atom stereocenters. The second-order valence-corrected chi connectivity index (χ2v) is 5.40. The van der Waals surface area contributed by atoms with Crippen molar-refractivity contribution in [1.82, 2.24) is 0 Å². The molecule has 1 saturated carbocycles. The number of hydrogen-bond acceptors (Lipinski definition) is 1. The van der Waals surface area contributed by atoms with Crippen molar-refractivity contribution in [3.63, 3.8) is 0 Å². The Balaban J connectivity index is 0.000000742. The molecule has 0 aliphatic heterocycles. The molecular formula is C18H30O. The first-order valence-electron chi connectivity index (χ1n) is 7.20. The molecule has 0 N–H and O–H groups in total. The van der Waals surface area contributed by atoms with E-state index in [2.05, 4.69) is 37.3 Å². The normalized spacial score (nSPS) is 22.2. The van der Waals surface area contributed by atoms with Crippen molar-refractivity contribution >= 4 is 6.29 Å². The molecular weight excluding hydrogens is 232 g/mol. The van der Waals surface area contributed by atoms with Gasteiger partial charge in [0.2, 0.25) is 0 Å². The molecule has 1 fully saturated rings. The maximum Gasteiger partial charge on any atom is 0.116 e. The molecule has 0 saturated heterocycles. The third kappa shape index (κ3) is 7.81. The Hall–Kier alpha value is -1.11. The van der Waals surface area contributed by atoms with Crippen molar-refractivity contribution in [2.75, 3.05) is 0 Å². The van der Waals surface area contributed by atoms with Crippen LogP contribution in [0.15, 0.2) is 30.3 Å². The van der Waals surface area contributed by atoms with Crippen LogP contribution in [0.5, 0.6) is 0 Å². The average Bonchev–Trinajstić information content (AvgIpc) is 2.57. The monoisotopic (exact) mass is 262 g/mol. The standard InChI is InChI=1S/C15H22.C2H4O.CH4/c1-13-6-5-9-15(11-10-13)12-14-7-3-2-4-8-14;1-2-3;/h2-4,7-8,13,15H,5-6,9-12H2,1H3;2H,1H3;1H4. The van der Waals surface area contributed by atoms with E-state index in [1.165, 1.54) is 51.0 Å². The number of benzene rings is 1. The van der Waals surface area contributed by atoms with Crippen LogP contribution in [-0.2, 0) is 11.2 Å². The average molecular weight is 262 g/mol. The van der Waals surface area contributed by atoms with Crippen molar-refractivity contribution in [2.24, 2.45) is 11.8 Å². The van der Waals surface area contributed by atoms with Crippen LogP contribution in [0.2, 0.25) is 0 Å². The molecule has 1 aliphatic rings. The summed E-state index contributed by atoms with van der Waals surface area (Å²) in [6.07, 6.45) is 9.27. The molecule has 0 aromatic heterocycles. The molecule has 2 atom stereocenters. The highest BCUT2D eigenvalue weighted by Crippen LogP contribution is 2.29. The van der Waals surface area contributed by atoms with E-state index in [-0.39, 0.29) is 7.43 Å². The molecule has 0 radical (unpaired) electrons. The van der Waals surface area contributed by atoms with Gasteiger partial charge >= 0.3 is 0 Å². The Morgan fingerprint density at radius 2 is 1.74 bits per heavy atom. The lowest BCUT2D eigenvalue weighted by atomic mass is 9.92. The molecule has 1 heteroatoms. The molecule has 19 heavy (non-hydrogen) atoms. The molecule has 108 valence electrons.